The van der Waals surface area contributed by atoms with Crippen molar-refractivity contribution in [1.29, 1.82) is 0 Å². The molecule has 11 atom stereocenters. The van der Waals surface area contributed by atoms with E-state index in [0.717, 1.165) is 57.8 Å². The molecular weight excluding hydrogens is 528 g/mol. The third-order valence-corrected chi connectivity index (χ3v) is 7.84. The fourth-order valence-electron chi connectivity index (χ4n) is 5.22. The molecule has 2 aliphatic heterocycles. The summed E-state index contributed by atoms with van der Waals surface area (Å²) in [6.07, 6.45) is -4.07. The fourth-order valence-corrected chi connectivity index (χ4v) is 5.22. The second kappa shape index (κ2) is 18.6. The normalized spacial score (nSPS) is 35.4. The average molecular weight is 581 g/mol. The van der Waals surface area contributed by atoms with Crippen LogP contribution in [0.4, 0.5) is 0 Å². The number of esters is 1. The number of ether oxygens (including phenoxy) is 4. The Morgan fingerprint density at radius 1 is 0.650 bits per heavy atom. The molecule has 2 heterocycles. The highest BCUT2D eigenvalue weighted by Crippen LogP contribution is 2.30. The van der Waals surface area contributed by atoms with Gasteiger partial charge in [0.2, 0.25) is 0 Å². The highest BCUT2D eigenvalue weighted by molar-refractivity contribution is 5.72. The van der Waals surface area contributed by atoms with E-state index in [1.165, 1.54) is 6.42 Å². The van der Waals surface area contributed by atoms with Crippen LogP contribution in [-0.2, 0) is 23.7 Å². The van der Waals surface area contributed by atoms with Gasteiger partial charge in [-0.25, -0.2) is 0 Å². The Labute approximate surface area is 237 Å². The predicted molar refractivity (Wildman–Crippen MR) is 143 cm³/mol. The molecule has 2 fully saturated rings. The second-order valence-corrected chi connectivity index (χ2v) is 11.0. The first-order valence-electron chi connectivity index (χ1n) is 15.0. The Balaban J connectivity index is 2.08. The molecule has 2 saturated heterocycles. The van der Waals surface area contributed by atoms with Crippen molar-refractivity contribution in [1.82, 2.24) is 0 Å². The lowest BCUT2D eigenvalue weighted by atomic mass is 9.93. The number of hydrogen-bond acceptors (Lipinski definition) is 12. The molecule has 40 heavy (non-hydrogen) atoms. The number of carbonyl (C=O) groups excluding carboxylic acids is 1. The second-order valence-electron chi connectivity index (χ2n) is 11.0. The predicted octanol–water partition coefficient (Wildman–Crippen LogP) is 0.491. The van der Waals surface area contributed by atoms with Gasteiger partial charge in [0.05, 0.1) is 19.1 Å². The van der Waals surface area contributed by atoms with Gasteiger partial charge in [-0.3, -0.25) is 4.79 Å². The molecule has 0 aromatic heterocycles. The highest BCUT2D eigenvalue weighted by Gasteiger charge is 2.51. The average Bonchev–Trinajstić information content (AvgIpc) is 2.95. The van der Waals surface area contributed by atoms with Crippen LogP contribution in [0.3, 0.4) is 0 Å². The van der Waals surface area contributed by atoms with Crippen molar-refractivity contribution in [2.45, 2.75) is 152 Å². The van der Waals surface area contributed by atoms with Crippen LogP contribution in [0, 0.1) is 5.92 Å². The Morgan fingerprint density at radius 3 is 1.68 bits per heavy atom. The summed E-state index contributed by atoms with van der Waals surface area (Å²) in [5.41, 5.74) is 0. The zero-order chi connectivity index (χ0) is 29.7. The molecule has 2 rings (SSSR count). The zero-order valence-corrected chi connectivity index (χ0v) is 23.9. The van der Waals surface area contributed by atoms with Crippen molar-refractivity contribution in [3.8, 4) is 0 Å². The summed E-state index contributed by atoms with van der Waals surface area (Å²) in [6.45, 7) is 2.89. The van der Waals surface area contributed by atoms with Crippen LogP contribution in [0.25, 0.3) is 0 Å². The molecule has 0 saturated carbocycles. The molecule has 7 N–H and O–H groups in total. The number of unbranched alkanes of at least 4 members (excludes halogenated alkanes) is 8. The maximum Gasteiger partial charge on any atom is 0.309 e. The smallest absolute Gasteiger partial charge is 0.309 e. The third kappa shape index (κ3) is 10.1. The molecular formula is C28H52O12. The Kier molecular flexibility index (Phi) is 16.4. The first-order chi connectivity index (χ1) is 19.2. The van der Waals surface area contributed by atoms with Gasteiger partial charge < -0.3 is 54.7 Å². The van der Waals surface area contributed by atoms with Gasteiger partial charge in [0.1, 0.15) is 42.7 Å². The maximum absolute atomic E-state index is 13.3. The molecule has 0 aromatic rings. The van der Waals surface area contributed by atoms with E-state index in [9.17, 15) is 40.5 Å². The lowest BCUT2D eigenvalue weighted by Crippen LogP contribution is -2.64. The van der Waals surface area contributed by atoms with Crippen LogP contribution < -0.4 is 0 Å². The van der Waals surface area contributed by atoms with E-state index in [1.807, 2.05) is 0 Å². The van der Waals surface area contributed by atoms with E-state index in [1.54, 1.807) is 0 Å². The number of rotatable bonds is 18. The highest BCUT2D eigenvalue weighted by atomic mass is 16.8. The van der Waals surface area contributed by atoms with Gasteiger partial charge in [0, 0.05) is 0 Å². The molecule has 0 amide bonds. The third-order valence-electron chi connectivity index (χ3n) is 7.84. The van der Waals surface area contributed by atoms with Gasteiger partial charge in [-0.15, -0.1) is 0 Å². The summed E-state index contributed by atoms with van der Waals surface area (Å²) in [4.78, 5) is 13.3. The summed E-state index contributed by atoms with van der Waals surface area (Å²) >= 11 is 0. The largest absolute Gasteiger partial charge is 0.456 e. The van der Waals surface area contributed by atoms with Gasteiger partial charge in [0.15, 0.2) is 18.7 Å². The van der Waals surface area contributed by atoms with E-state index in [2.05, 4.69) is 13.8 Å². The van der Waals surface area contributed by atoms with Gasteiger partial charge in [-0.05, 0) is 12.8 Å². The first-order valence-corrected chi connectivity index (χ1v) is 15.0. The molecule has 2 aliphatic rings. The van der Waals surface area contributed by atoms with E-state index < -0.39 is 86.5 Å². The van der Waals surface area contributed by atoms with Crippen molar-refractivity contribution >= 4 is 5.97 Å². The van der Waals surface area contributed by atoms with Crippen LogP contribution in [0.15, 0.2) is 0 Å². The topological polar surface area (TPSA) is 196 Å². The first kappa shape index (κ1) is 35.3. The summed E-state index contributed by atoms with van der Waals surface area (Å²) in [7, 11) is 0. The molecule has 0 aliphatic carbocycles. The Morgan fingerprint density at radius 2 is 1.12 bits per heavy atom. The molecule has 0 bridgehead atoms. The molecule has 0 aromatic carbocycles. The quantitative estimate of drug-likeness (QED) is 0.0877. The minimum atomic E-state index is -1.76. The van der Waals surface area contributed by atoms with Crippen LogP contribution in [0.2, 0.25) is 0 Å². The van der Waals surface area contributed by atoms with E-state index >= 15 is 0 Å². The minimum Gasteiger partial charge on any atom is -0.456 e. The van der Waals surface area contributed by atoms with Crippen LogP contribution in [0.5, 0.6) is 0 Å². The van der Waals surface area contributed by atoms with Gasteiger partial charge in [0.25, 0.3) is 0 Å². The summed E-state index contributed by atoms with van der Waals surface area (Å²) in [5.74, 6) is -0.971. The van der Waals surface area contributed by atoms with E-state index in [0.29, 0.717) is 12.8 Å². The Hall–Kier alpha value is -0.930. The SMILES string of the molecule is CCCCCCCCC(CCCCCC)C(=O)O[C@@H]1[C@@H](O)[C@@H](O[C@H]2O[C@H](CO)[C@@H](O)[C@H](O)[C@H]2O)O[C@H](CO)[C@H]1O. The molecule has 12 heteroatoms. The monoisotopic (exact) mass is 580 g/mol. The van der Waals surface area contributed by atoms with E-state index in [-0.39, 0.29) is 0 Å². The lowest BCUT2D eigenvalue weighted by molar-refractivity contribution is -0.376. The molecule has 236 valence electrons. The number of aliphatic hydroxyl groups excluding tert-OH is 7. The number of aliphatic hydroxyl groups is 7. The number of hydrogen-bond donors (Lipinski definition) is 7. The summed E-state index contributed by atoms with van der Waals surface area (Å²) in [6, 6.07) is 0. The van der Waals surface area contributed by atoms with Crippen LogP contribution in [0.1, 0.15) is 90.9 Å². The van der Waals surface area contributed by atoms with Gasteiger partial charge >= 0.3 is 5.97 Å². The lowest BCUT2D eigenvalue weighted by Gasteiger charge is -2.45. The van der Waals surface area contributed by atoms with Crippen LogP contribution in [-0.4, -0.2) is 116 Å². The summed E-state index contributed by atoms with van der Waals surface area (Å²) < 4.78 is 21.9. The van der Waals surface area contributed by atoms with Crippen molar-refractivity contribution in [3.63, 3.8) is 0 Å². The molecule has 0 spiro atoms. The van der Waals surface area contributed by atoms with Gasteiger partial charge in [-0.2, -0.15) is 0 Å². The van der Waals surface area contributed by atoms with E-state index in [4.69, 9.17) is 18.9 Å². The van der Waals surface area contributed by atoms with Crippen molar-refractivity contribution in [3.05, 3.63) is 0 Å². The van der Waals surface area contributed by atoms with Crippen molar-refractivity contribution in [2.75, 3.05) is 13.2 Å². The maximum atomic E-state index is 13.3. The molecule has 0 radical (unpaired) electrons. The molecule has 12 nitrogen and oxygen atoms in total. The fraction of sp³-hybridized carbons (Fsp3) is 0.964. The Bertz CT molecular complexity index is 694. The van der Waals surface area contributed by atoms with Crippen molar-refractivity contribution in [2.24, 2.45) is 5.92 Å². The standard InChI is InChI=1S/C28H52O12/c1-3-5-7-9-10-12-14-17(13-11-8-6-4-2)26(36)39-25-21(32)19(16-30)38-28(24(25)35)40-27-23(34)22(33)20(31)18(15-29)37-27/h17-25,27-35H,3-16H2,1-2H3/t17?,18-,19-,20-,21-,22+,23-,24-,25+,27-,28-/m1/s1. The minimum absolute atomic E-state index is 0.414. The van der Waals surface area contributed by atoms with Gasteiger partial charge in [-0.1, -0.05) is 78.1 Å². The number of carbonyl (C=O) groups is 1. The van der Waals surface area contributed by atoms with Crippen LogP contribution >= 0.6 is 0 Å². The molecule has 1 unspecified atom stereocenters. The summed E-state index contributed by atoms with van der Waals surface area (Å²) in [5, 5.41) is 71.2. The zero-order valence-electron chi connectivity index (χ0n) is 23.9. The van der Waals surface area contributed by atoms with Crippen molar-refractivity contribution < 1.29 is 59.5 Å².